The van der Waals surface area contributed by atoms with Crippen molar-refractivity contribution in [1.29, 1.82) is 0 Å². The van der Waals surface area contributed by atoms with Gasteiger partial charge < -0.3 is 9.47 Å². The first-order valence-electron chi connectivity index (χ1n) is 20.8. The molecule has 2 aromatic heterocycles. The van der Waals surface area contributed by atoms with E-state index in [0.29, 0.717) is 0 Å². The zero-order valence-corrected chi connectivity index (χ0v) is 34.1. The molecular weight excluding hydrogens is 757 g/mol. The molecule has 0 spiro atoms. The van der Waals surface area contributed by atoms with Crippen LogP contribution in [0.25, 0.3) is 91.8 Å². The molecule has 0 unspecified atom stereocenters. The van der Waals surface area contributed by atoms with Crippen LogP contribution >= 0.6 is 11.3 Å². The van der Waals surface area contributed by atoms with E-state index in [9.17, 15) is 0 Å². The average Bonchev–Trinajstić information content (AvgIpc) is 3.88. The van der Waals surface area contributed by atoms with Gasteiger partial charge in [0.1, 0.15) is 0 Å². The molecule has 10 aromatic carbocycles. The second-order valence-corrected chi connectivity index (χ2v) is 16.8. The molecule has 12 rings (SSSR count). The molecule has 12 aromatic rings. The van der Waals surface area contributed by atoms with Crippen molar-refractivity contribution in [2.75, 3.05) is 4.90 Å². The summed E-state index contributed by atoms with van der Waals surface area (Å²) in [7, 11) is 0. The summed E-state index contributed by atoms with van der Waals surface area (Å²) >= 11 is 1.86. The molecule has 0 saturated carbocycles. The maximum Gasteiger partial charge on any atom is 0.0541 e. The van der Waals surface area contributed by atoms with Gasteiger partial charge in [0.25, 0.3) is 0 Å². The molecule has 0 amide bonds. The maximum absolute atomic E-state index is 2.46. The summed E-state index contributed by atoms with van der Waals surface area (Å²) in [5.74, 6) is 0. The van der Waals surface area contributed by atoms with Gasteiger partial charge in [-0.25, -0.2) is 0 Å². The monoisotopic (exact) mass is 794 g/mol. The van der Waals surface area contributed by atoms with E-state index in [1.807, 2.05) is 11.3 Å². The Morgan fingerprint density at radius 2 is 0.902 bits per heavy atom. The Bertz CT molecular complexity index is 3540. The highest BCUT2D eigenvalue weighted by molar-refractivity contribution is 7.25. The SMILES string of the molecule is c1ccc(-c2ccc(N(c3ccc4sc5ccccc5c4c3)c3ccc(-c4ccccc4-n4c5ccccc5c5ccccc54)cc3-c3cccc4ccccc34)cc2)cc1. The summed E-state index contributed by atoms with van der Waals surface area (Å²) in [6, 6.07) is 84.4. The third-order valence-electron chi connectivity index (χ3n) is 12.2. The molecule has 3 heteroatoms. The summed E-state index contributed by atoms with van der Waals surface area (Å²) in [6.45, 7) is 0. The van der Waals surface area contributed by atoms with E-state index in [4.69, 9.17) is 0 Å². The highest BCUT2D eigenvalue weighted by Crippen LogP contribution is 2.47. The molecule has 0 saturated heterocycles. The Morgan fingerprint density at radius 3 is 1.70 bits per heavy atom. The van der Waals surface area contributed by atoms with Gasteiger partial charge in [0.05, 0.1) is 22.4 Å². The van der Waals surface area contributed by atoms with Crippen LogP contribution < -0.4 is 4.90 Å². The van der Waals surface area contributed by atoms with Crippen molar-refractivity contribution in [2.45, 2.75) is 0 Å². The smallest absolute Gasteiger partial charge is 0.0541 e. The standard InChI is InChI=1S/C58H38N2S/c1-2-15-39(16-3-1)40-29-32-43(33-30-40)59(44-34-36-58-52(38-44)50-23-9-13-28-57(50)61-58)56-35-31-42(37-51(56)47-24-14-18-41-17-4-5-19-45(41)47)46-20-6-10-25-53(46)60-54-26-11-7-21-48(54)49-22-8-12-27-55(49)60/h1-38H. The van der Waals surface area contributed by atoms with Gasteiger partial charge in [0, 0.05) is 53.4 Å². The topological polar surface area (TPSA) is 8.17 Å². The van der Waals surface area contributed by atoms with E-state index < -0.39 is 0 Å². The number of benzene rings is 10. The first-order chi connectivity index (χ1) is 30.3. The first kappa shape index (κ1) is 35.2. The van der Waals surface area contributed by atoms with E-state index in [1.54, 1.807) is 0 Å². The van der Waals surface area contributed by atoms with Crippen LogP contribution in [0.3, 0.4) is 0 Å². The van der Waals surface area contributed by atoms with E-state index in [2.05, 4.69) is 240 Å². The molecular formula is C58H38N2S. The van der Waals surface area contributed by atoms with Crippen molar-refractivity contribution in [3.63, 3.8) is 0 Å². The Hall–Kier alpha value is -7.72. The van der Waals surface area contributed by atoms with Gasteiger partial charge in [-0.3, -0.25) is 0 Å². The second-order valence-electron chi connectivity index (χ2n) is 15.7. The number of fused-ring (bicyclic) bond motifs is 7. The highest BCUT2D eigenvalue weighted by atomic mass is 32.1. The van der Waals surface area contributed by atoms with Crippen LogP contribution in [-0.4, -0.2) is 4.57 Å². The molecule has 0 aliphatic heterocycles. The summed E-state index contributed by atoms with van der Waals surface area (Å²) in [4.78, 5) is 2.46. The van der Waals surface area contributed by atoms with E-state index >= 15 is 0 Å². The zero-order valence-electron chi connectivity index (χ0n) is 33.2. The van der Waals surface area contributed by atoms with Crippen molar-refractivity contribution >= 4 is 81.1 Å². The van der Waals surface area contributed by atoms with Gasteiger partial charge in [0.15, 0.2) is 0 Å². The maximum atomic E-state index is 2.46. The third kappa shape index (κ3) is 5.93. The lowest BCUT2D eigenvalue weighted by Gasteiger charge is -2.29. The Kier molecular flexibility index (Phi) is 8.39. The van der Waals surface area contributed by atoms with E-state index in [-0.39, 0.29) is 0 Å². The van der Waals surface area contributed by atoms with Crippen molar-refractivity contribution in [3.8, 4) is 39.1 Å². The van der Waals surface area contributed by atoms with E-state index in [0.717, 1.165) is 33.9 Å². The number of thiophene rings is 1. The predicted molar refractivity (Wildman–Crippen MR) is 262 cm³/mol. The lowest BCUT2D eigenvalue weighted by atomic mass is 9.92. The van der Waals surface area contributed by atoms with Crippen LogP contribution in [0.4, 0.5) is 17.1 Å². The van der Waals surface area contributed by atoms with Crippen LogP contribution in [0.2, 0.25) is 0 Å². The van der Waals surface area contributed by atoms with Gasteiger partial charge in [-0.05, 0) is 99.8 Å². The number of rotatable bonds is 7. The minimum absolute atomic E-state index is 1.10. The fourth-order valence-corrected chi connectivity index (χ4v) is 10.5. The van der Waals surface area contributed by atoms with Crippen LogP contribution in [0.15, 0.2) is 231 Å². The molecule has 286 valence electrons. The van der Waals surface area contributed by atoms with Crippen LogP contribution in [0, 0.1) is 0 Å². The number of para-hydroxylation sites is 3. The lowest BCUT2D eigenvalue weighted by molar-refractivity contribution is 1.18. The fraction of sp³-hybridized carbons (Fsp3) is 0. The minimum atomic E-state index is 1.10. The predicted octanol–water partition coefficient (Wildman–Crippen LogP) is 16.8. The Balaban J connectivity index is 1.12. The molecule has 0 fully saturated rings. The van der Waals surface area contributed by atoms with Gasteiger partial charge in [-0.15, -0.1) is 11.3 Å². The van der Waals surface area contributed by atoms with Crippen molar-refractivity contribution < 1.29 is 0 Å². The van der Waals surface area contributed by atoms with Crippen molar-refractivity contribution in [3.05, 3.63) is 231 Å². The largest absolute Gasteiger partial charge is 0.310 e. The summed E-state index contributed by atoms with van der Waals surface area (Å²) in [6.07, 6.45) is 0. The molecule has 61 heavy (non-hydrogen) atoms. The molecule has 0 atom stereocenters. The summed E-state index contributed by atoms with van der Waals surface area (Å²) in [5, 5.41) is 7.50. The Morgan fingerprint density at radius 1 is 0.328 bits per heavy atom. The van der Waals surface area contributed by atoms with Gasteiger partial charge >= 0.3 is 0 Å². The first-order valence-corrected chi connectivity index (χ1v) is 21.7. The number of aromatic nitrogens is 1. The molecule has 2 heterocycles. The normalized spacial score (nSPS) is 11.6. The van der Waals surface area contributed by atoms with Crippen molar-refractivity contribution in [2.24, 2.45) is 0 Å². The number of anilines is 3. The number of hydrogen-bond donors (Lipinski definition) is 0. The van der Waals surface area contributed by atoms with Gasteiger partial charge in [-0.1, -0.05) is 164 Å². The summed E-state index contributed by atoms with van der Waals surface area (Å²) < 4.78 is 5.03. The number of nitrogens with zero attached hydrogens (tertiary/aromatic N) is 2. The van der Waals surface area contributed by atoms with Gasteiger partial charge in [0.2, 0.25) is 0 Å². The molecule has 0 bridgehead atoms. The second kappa shape index (κ2) is 14.5. The van der Waals surface area contributed by atoms with Gasteiger partial charge in [-0.2, -0.15) is 0 Å². The van der Waals surface area contributed by atoms with Crippen LogP contribution in [0.1, 0.15) is 0 Å². The molecule has 0 radical (unpaired) electrons. The minimum Gasteiger partial charge on any atom is -0.310 e. The lowest BCUT2D eigenvalue weighted by Crippen LogP contribution is -2.11. The quantitative estimate of drug-likeness (QED) is 0.156. The van der Waals surface area contributed by atoms with E-state index in [1.165, 1.54) is 75.0 Å². The average molecular weight is 795 g/mol. The molecule has 0 aliphatic carbocycles. The molecule has 0 N–H and O–H groups in total. The number of hydrogen-bond acceptors (Lipinski definition) is 2. The fourth-order valence-electron chi connectivity index (χ4n) is 9.38. The zero-order chi connectivity index (χ0) is 40.3. The third-order valence-corrected chi connectivity index (χ3v) is 13.4. The van der Waals surface area contributed by atoms with Crippen LogP contribution in [0.5, 0.6) is 0 Å². The van der Waals surface area contributed by atoms with Crippen LogP contribution in [-0.2, 0) is 0 Å². The highest BCUT2D eigenvalue weighted by Gasteiger charge is 2.22. The molecule has 2 nitrogen and oxygen atoms in total. The van der Waals surface area contributed by atoms with Crippen molar-refractivity contribution in [1.82, 2.24) is 4.57 Å². The summed E-state index contributed by atoms with van der Waals surface area (Å²) in [5.41, 5.74) is 13.9. The Labute approximate surface area is 358 Å². The molecule has 0 aliphatic rings.